The van der Waals surface area contributed by atoms with E-state index in [0.717, 1.165) is 36.9 Å². The zero-order valence-electron chi connectivity index (χ0n) is 14.8. The highest BCUT2D eigenvalue weighted by Crippen LogP contribution is 2.27. The van der Waals surface area contributed by atoms with Gasteiger partial charge in [0.15, 0.2) is 0 Å². The molecule has 0 aromatic heterocycles. The number of benzene rings is 1. The highest BCUT2D eigenvalue weighted by Gasteiger charge is 2.24. The molecule has 1 aliphatic heterocycles. The van der Waals surface area contributed by atoms with E-state index in [0.29, 0.717) is 19.5 Å². The van der Waals surface area contributed by atoms with Gasteiger partial charge in [0.2, 0.25) is 15.9 Å². The van der Waals surface area contributed by atoms with Crippen molar-refractivity contribution in [3.05, 3.63) is 35.4 Å². The standard InChI is InChI=1S/C19H26N2O3S/c1-15-14-17(9-10-18(15)21-13-5-8-19(21)22)25(23,24)20-12-11-16-6-3-2-4-7-16/h6,9-10,14,20H,2-5,7-8,11-13H2,1H3. The molecule has 0 atom stereocenters. The van der Waals surface area contributed by atoms with Gasteiger partial charge in [-0.2, -0.15) is 0 Å². The Balaban J connectivity index is 1.66. The smallest absolute Gasteiger partial charge is 0.240 e. The van der Waals surface area contributed by atoms with Crippen LogP contribution in [0.5, 0.6) is 0 Å². The first-order chi connectivity index (χ1) is 12.0. The van der Waals surface area contributed by atoms with Crippen molar-refractivity contribution in [1.82, 2.24) is 4.72 Å². The van der Waals surface area contributed by atoms with Crippen molar-refractivity contribution < 1.29 is 13.2 Å². The van der Waals surface area contributed by atoms with Gasteiger partial charge in [-0.15, -0.1) is 0 Å². The molecule has 1 fully saturated rings. The lowest BCUT2D eigenvalue weighted by atomic mass is 9.97. The van der Waals surface area contributed by atoms with E-state index >= 15 is 0 Å². The molecule has 1 aromatic rings. The summed E-state index contributed by atoms with van der Waals surface area (Å²) in [6, 6.07) is 5.00. The number of carbonyl (C=O) groups excluding carboxylic acids is 1. The molecule has 136 valence electrons. The molecule has 0 bridgehead atoms. The fraction of sp³-hybridized carbons (Fsp3) is 0.526. The van der Waals surface area contributed by atoms with Crippen LogP contribution >= 0.6 is 0 Å². The van der Waals surface area contributed by atoms with Gasteiger partial charge in [0.05, 0.1) is 4.90 Å². The van der Waals surface area contributed by atoms with Gasteiger partial charge < -0.3 is 4.90 Å². The molecule has 0 radical (unpaired) electrons. The van der Waals surface area contributed by atoms with Crippen LogP contribution in [-0.4, -0.2) is 27.4 Å². The minimum absolute atomic E-state index is 0.109. The minimum atomic E-state index is -3.52. The Labute approximate surface area is 150 Å². The normalized spacial score (nSPS) is 18.5. The summed E-state index contributed by atoms with van der Waals surface area (Å²) >= 11 is 0. The average molecular weight is 362 g/mol. The van der Waals surface area contributed by atoms with Crippen LogP contribution in [-0.2, 0) is 14.8 Å². The molecule has 6 heteroatoms. The molecule has 0 spiro atoms. The molecule has 2 aliphatic rings. The molecule has 1 amide bonds. The molecule has 1 aliphatic carbocycles. The second kappa shape index (κ2) is 7.70. The zero-order valence-corrected chi connectivity index (χ0v) is 15.6. The number of nitrogens with zero attached hydrogens (tertiary/aromatic N) is 1. The number of rotatable bonds is 6. The van der Waals surface area contributed by atoms with E-state index in [2.05, 4.69) is 10.8 Å². The summed E-state index contributed by atoms with van der Waals surface area (Å²) < 4.78 is 27.7. The van der Waals surface area contributed by atoms with Crippen molar-refractivity contribution in [2.24, 2.45) is 0 Å². The SMILES string of the molecule is Cc1cc(S(=O)(=O)NCCC2=CCCCC2)ccc1N1CCCC1=O. The molecule has 25 heavy (non-hydrogen) atoms. The molecular weight excluding hydrogens is 336 g/mol. The summed E-state index contributed by atoms with van der Waals surface area (Å²) in [5.41, 5.74) is 2.98. The summed E-state index contributed by atoms with van der Waals surface area (Å²) in [5.74, 6) is 0.109. The van der Waals surface area contributed by atoms with Gasteiger partial charge in [0, 0.05) is 25.2 Å². The number of aryl methyl sites for hydroxylation is 1. The molecule has 1 aromatic carbocycles. The van der Waals surface area contributed by atoms with E-state index in [1.807, 2.05) is 6.92 Å². The van der Waals surface area contributed by atoms with E-state index in [-0.39, 0.29) is 10.8 Å². The molecule has 5 nitrogen and oxygen atoms in total. The Kier molecular flexibility index (Phi) is 5.59. The molecule has 0 saturated carbocycles. The average Bonchev–Trinajstić information content (AvgIpc) is 3.01. The van der Waals surface area contributed by atoms with E-state index in [4.69, 9.17) is 0 Å². The summed E-state index contributed by atoms with van der Waals surface area (Å²) in [4.78, 5) is 13.9. The van der Waals surface area contributed by atoms with Crippen molar-refractivity contribution in [1.29, 1.82) is 0 Å². The highest BCUT2D eigenvalue weighted by molar-refractivity contribution is 7.89. The zero-order chi connectivity index (χ0) is 17.9. The van der Waals surface area contributed by atoms with Crippen LogP contribution in [0, 0.1) is 6.92 Å². The third-order valence-corrected chi connectivity index (χ3v) is 6.42. The Morgan fingerprint density at radius 1 is 1.16 bits per heavy atom. The summed E-state index contributed by atoms with van der Waals surface area (Å²) in [6.45, 7) is 2.99. The molecule has 0 unspecified atom stereocenters. The van der Waals surface area contributed by atoms with E-state index < -0.39 is 10.0 Å². The third-order valence-electron chi connectivity index (χ3n) is 4.97. The largest absolute Gasteiger partial charge is 0.312 e. The van der Waals surface area contributed by atoms with Gasteiger partial charge in [-0.3, -0.25) is 4.79 Å². The van der Waals surface area contributed by atoms with Crippen molar-refractivity contribution in [3.8, 4) is 0 Å². The van der Waals surface area contributed by atoms with E-state index in [1.54, 1.807) is 23.1 Å². The number of carbonyl (C=O) groups is 1. The van der Waals surface area contributed by atoms with Crippen LogP contribution < -0.4 is 9.62 Å². The van der Waals surface area contributed by atoms with Crippen molar-refractivity contribution >= 4 is 21.6 Å². The summed E-state index contributed by atoms with van der Waals surface area (Å²) in [7, 11) is -3.52. The molecule has 3 rings (SSSR count). The quantitative estimate of drug-likeness (QED) is 0.790. The fourth-order valence-electron chi connectivity index (χ4n) is 3.56. The van der Waals surface area contributed by atoms with Gasteiger partial charge in [-0.25, -0.2) is 13.1 Å². The van der Waals surface area contributed by atoms with Crippen molar-refractivity contribution in [2.75, 3.05) is 18.0 Å². The van der Waals surface area contributed by atoms with Crippen LogP contribution in [0.15, 0.2) is 34.7 Å². The van der Waals surface area contributed by atoms with Crippen LogP contribution in [0.2, 0.25) is 0 Å². The number of amides is 1. The molecular formula is C19H26N2O3S. The Hall–Kier alpha value is -1.66. The number of hydrogen-bond donors (Lipinski definition) is 1. The van der Waals surface area contributed by atoms with Crippen LogP contribution in [0.4, 0.5) is 5.69 Å². The van der Waals surface area contributed by atoms with Gasteiger partial charge in [0.25, 0.3) is 0 Å². The summed E-state index contributed by atoms with van der Waals surface area (Å²) in [6.07, 6.45) is 9.07. The predicted octanol–water partition coefficient (Wildman–Crippen LogP) is 3.29. The van der Waals surface area contributed by atoms with Gasteiger partial charge in [-0.05, 0) is 69.2 Å². The maximum atomic E-state index is 12.5. The maximum Gasteiger partial charge on any atom is 0.240 e. The van der Waals surface area contributed by atoms with E-state index in [9.17, 15) is 13.2 Å². The lowest BCUT2D eigenvalue weighted by molar-refractivity contribution is -0.117. The van der Waals surface area contributed by atoms with E-state index in [1.165, 1.54) is 18.4 Å². The lowest BCUT2D eigenvalue weighted by Crippen LogP contribution is -2.26. The lowest BCUT2D eigenvalue weighted by Gasteiger charge is -2.19. The van der Waals surface area contributed by atoms with Crippen LogP contribution in [0.1, 0.15) is 50.5 Å². The summed E-state index contributed by atoms with van der Waals surface area (Å²) in [5, 5.41) is 0. The number of anilines is 1. The number of sulfonamides is 1. The van der Waals surface area contributed by atoms with Crippen LogP contribution in [0.3, 0.4) is 0 Å². The monoisotopic (exact) mass is 362 g/mol. The number of nitrogens with one attached hydrogen (secondary N) is 1. The first-order valence-corrected chi connectivity index (χ1v) is 10.5. The molecule has 1 heterocycles. The predicted molar refractivity (Wildman–Crippen MR) is 99.1 cm³/mol. The topological polar surface area (TPSA) is 66.5 Å². The highest BCUT2D eigenvalue weighted by atomic mass is 32.2. The second-order valence-corrected chi connectivity index (χ2v) is 8.62. The minimum Gasteiger partial charge on any atom is -0.312 e. The third kappa shape index (κ3) is 4.30. The van der Waals surface area contributed by atoms with Gasteiger partial charge >= 0.3 is 0 Å². The first-order valence-electron chi connectivity index (χ1n) is 9.06. The first kappa shape index (κ1) is 18.1. The Morgan fingerprint density at radius 2 is 2.00 bits per heavy atom. The van der Waals surface area contributed by atoms with Crippen molar-refractivity contribution in [3.63, 3.8) is 0 Å². The van der Waals surface area contributed by atoms with Gasteiger partial charge in [0.1, 0.15) is 0 Å². The molecule has 1 N–H and O–H groups in total. The number of hydrogen-bond acceptors (Lipinski definition) is 3. The Bertz CT molecular complexity index is 784. The van der Waals surface area contributed by atoms with Crippen LogP contribution in [0.25, 0.3) is 0 Å². The fourth-order valence-corrected chi connectivity index (χ4v) is 4.68. The van der Waals surface area contributed by atoms with Crippen molar-refractivity contribution in [2.45, 2.75) is 56.8 Å². The van der Waals surface area contributed by atoms with Gasteiger partial charge in [-0.1, -0.05) is 11.6 Å². The second-order valence-electron chi connectivity index (χ2n) is 6.85. The molecule has 1 saturated heterocycles. The number of allylic oxidation sites excluding steroid dienone is 1. The Morgan fingerprint density at radius 3 is 2.64 bits per heavy atom. The maximum absolute atomic E-state index is 12.5.